The molecule has 0 radical (unpaired) electrons. The second kappa shape index (κ2) is 9.14. The second-order valence-electron chi connectivity index (χ2n) is 8.62. The first kappa shape index (κ1) is 23.0. The molecule has 35 heavy (non-hydrogen) atoms. The summed E-state index contributed by atoms with van der Waals surface area (Å²) in [4.78, 5) is 18.4. The molecular weight excluding hydrogens is 464 g/mol. The van der Waals surface area contributed by atoms with Crippen LogP contribution in [0.2, 0.25) is 0 Å². The lowest BCUT2D eigenvalue weighted by atomic mass is 10.0. The van der Waals surface area contributed by atoms with E-state index in [4.69, 9.17) is 9.72 Å². The van der Waals surface area contributed by atoms with Gasteiger partial charge in [0, 0.05) is 11.3 Å². The van der Waals surface area contributed by atoms with E-state index in [0.29, 0.717) is 46.7 Å². The highest BCUT2D eigenvalue weighted by atomic mass is 32.2. The predicted octanol–water partition coefficient (Wildman–Crippen LogP) is 4.42. The molecule has 0 saturated carbocycles. The van der Waals surface area contributed by atoms with Crippen LogP contribution in [0.5, 0.6) is 5.75 Å². The van der Waals surface area contributed by atoms with Gasteiger partial charge in [-0.25, -0.2) is 18.1 Å². The Balaban J connectivity index is 1.61. The number of hydrogen-bond acceptors (Lipinski definition) is 6. The Kier molecular flexibility index (Phi) is 6.02. The monoisotopic (exact) mass is 490 g/mol. The molecule has 0 spiro atoms. The van der Waals surface area contributed by atoms with Crippen molar-refractivity contribution in [1.29, 1.82) is 0 Å². The van der Waals surface area contributed by atoms with Crippen LogP contribution in [0.15, 0.2) is 60.7 Å². The maximum absolute atomic E-state index is 13.5. The molecule has 180 valence electrons. The van der Waals surface area contributed by atoms with Gasteiger partial charge in [0.1, 0.15) is 5.75 Å². The first-order valence-corrected chi connectivity index (χ1v) is 13.4. The first-order valence-electron chi connectivity index (χ1n) is 11.5. The number of aryl methyl sites for hydroxylation is 1. The van der Waals surface area contributed by atoms with Crippen molar-refractivity contribution >= 4 is 32.5 Å². The molecule has 0 aliphatic carbocycles. The summed E-state index contributed by atoms with van der Waals surface area (Å²) in [5.74, 6) is 0.586. The molecular formula is C26H26N4O4S. The van der Waals surface area contributed by atoms with Crippen molar-refractivity contribution in [2.24, 2.45) is 0 Å². The number of carbonyl (C=O) groups is 1. The van der Waals surface area contributed by atoms with Crippen LogP contribution in [0, 0.1) is 6.92 Å². The number of nitrogens with zero attached hydrogens (tertiary/aromatic N) is 3. The van der Waals surface area contributed by atoms with Gasteiger partial charge in [-0.1, -0.05) is 30.3 Å². The van der Waals surface area contributed by atoms with Gasteiger partial charge in [0.05, 0.1) is 46.5 Å². The average Bonchev–Trinajstić information content (AvgIpc) is 3.39. The fourth-order valence-corrected chi connectivity index (χ4v) is 6.16. The van der Waals surface area contributed by atoms with E-state index in [1.165, 1.54) is 0 Å². The highest BCUT2D eigenvalue weighted by Crippen LogP contribution is 2.32. The van der Waals surface area contributed by atoms with Crippen LogP contribution in [-0.2, 0) is 9.84 Å². The third kappa shape index (κ3) is 4.64. The number of amides is 1. The fourth-order valence-electron chi connectivity index (χ4n) is 4.47. The number of hydrogen-bond donors (Lipinski definition) is 1. The molecule has 1 atom stereocenters. The Morgan fingerprint density at radius 3 is 2.54 bits per heavy atom. The summed E-state index contributed by atoms with van der Waals surface area (Å²) >= 11 is 0. The fraction of sp³-hybridized carbons (Fsp3) is 0.269. The van der Waals surface area contributed by atoms with E-state index < -0.39 is 9.84 Å². The summed E-state index contributed by atoms with van der Waals surface area (Å²) in [6, 6.07) is 18.2. The molecule has 9 heteroatoms. The van der Waals surface area contributed by atoms with Gasteiger partial charge in [-0.3, -0.25) is 4.79 Å². The number of ether oxygens (including phenoxy) is 1. The molecule has 1 aliphatic heterocycles. The summed E-state index contributed by atoms with van der Waals surface area (Å²) in [6.07, 6.45) is 0.476. The van der Waals surface area contributed by atoms with Crippen molar-refractivity contribution in [1.82, 2.24) is 14.8 Å². The first-order chi connectivity index (χ1) is 16.8. The zero-order valence-electron chi connectivity index (χ0n) is 19.6. The zero-order chi connectivity index (χ0) is 24.6. The minimum absolute atomic E-state index is 0.0220. The molecule has 8 nitrogen and oxygen atoms in total. The summed E-state index contributed by atoms with van der Waals surface area (Å²) in [7, 11) is -3.12. The second-order valence-corrected chi connectivity index (χ2v) is 10.8. The lowest BCUT2D eigenvalue weighted by molar-refractivity contribution is 0.102. The number of benzene rings is 2. The van der Waals surface area contributed by atoms with Gasteiger partial charge < -0.3 is 10.1 Å². The predicted molar refractivity (Wildman–Crippen MR) is 136 cm³/mol. The molecule has 1 amide bonds. The molecule has 1 saturated heterocycles. The van der Waals surface area contributed by atoms with Gasteiger partial charge in [-0.05, 0) is 50.6 Å². The summed E-state index contributed by atoms with van der Waals surface area (Å²) in [5, 5.41) is 8.23. The van der Waals surface area contributed by atoms with E-state index in [2.05, 4.69) is 10.4 Å². The smallest absolute Gasteiger partial charge is 0.256 e. The summed E-state index contributed by atoms with van der Waals surface area (Å²) < 4.78 is 31.5. The largest absolute Gasteiger partial charge is 0.494 e. The Bertz CT molecular complexity index is 1500. The van der Waals surface area contributed by atoms with Crippen LogP contribution >= 0.6 is 0 Å². The molecule has 0 bridgehead atoms. The lowest BCUT2D eigenvalue weighted by Crippen LogP contribution is -2.15. The van der Waals surface area contributed by atoms with Crippen molar-refractivity contribution in [3.63, 3.8) is 0 Å². The number of carbonyl (C=O) groups excluding carboxylic acids is 1. The number of pyridine rings is 1. The number of rotatable bonds is 6. The quantitative estimate of drug-likeness (QED) is 0.429. The normalized spacial score (nSPS) is 16.9. The van der Waals surface area contributed by atoms with Gasteiger partial charge in [0.25, 0.3) is 5.91 Å². The van der Waals surface area contributed by atoms with E-state index in [9.17, 15) is 13.2 Å². The van der Waals surface area contributed by atoms with Gasteiger partial charge in [0.2, 0.25) is 0 Å². The summed E-state index contributed by atoms with van der Waals surface area (Å²) in [6.45, 7) is 4.30. The van der Waals surface area contributed by atoms with Crippen LogP contribution in [0.1, 0.15) is 35.4 Å². The van der Waals surface area contributed by atoms with Gasteiger partial charge in [-0.2, -0.15) is 5.10 Å². The van der Waals surface area contributed by atoms with Crippen molar-refractivity contribution < 1.29 is 17.9 Å². The van der Waals surface area contributed by atoms with Crippen LogP contribution < -0.4 is 10.1 Å². The van der Waals surface area contributed by atoms with E-state index in [-0.39, 0.29) is 23.5 Å². The Morgan fingerprint density at radius 2 is 1.89 bits per heavy atom. The van der Waals surface area contributed by atoms with Crippen molar-refractivity contribution in [3.8, 4) is 17.0 Å². The van der Waals surface area contributed by atoms with Gasteiger partial charge >= 0.3 is 0 Å². The maximum atomic E-state index is 13.5. The number of fused-ring (bicyclic) bond motifs is 1. The molecule has 1 unspecified atom stereocenters. The molecule has 4 aromatic rings. The van der Waals surface area contributed by atoms with Gasteiger partial charge in [0.15, 0.2) is 15.5 Å². The highest BCUT2D eigenvalue weighted by molar-refractivity contribution is 7.91. The molecule has 2 aromatic carbocycles. The molecule has 1 N–H and O–H groups in total. The maximum Gasteiger partial charge on any atom is 0.256 e. The third-order valence-corrected chi connectivity index (χ3v) is 7.88. The van der Waals surface area contributed by atoms with E-state index in [0.717, 1.165) is 11.3 Å². The molecule has 5 rings (SSSR count). The van der Waals surface area contributed by atoms with Crippen molar-refractivity contribution in [2.45, 2.75) is 26.3 Å². The van der Waals surface area contributed by atoms with E-state index >= 15 is 0 Å². The van der Waals surface area contributed by atoms with Crippen molar-refractivity contribution in [3.05, 3.63) is 71.9 Å². The minimum Gasteiger partial charge on any atom is -0.494 e. The molecule has 3 heterocycles. The third-order valence-electron chi connectivity index (χ3n) is 6.13. The highest BCUT2D eigenvalue weighted by Gasteiger charge is 2.32. The zero-order valence-corrected chi connectivity index (χ0v) is 20.4. The topological polar surface area (TPSA) is 103 Å². The Morgan fingerprint density at radius 1 is 1.14 bits per heavy atom. The molecule has 1 fully saturated rings. The molecule has 2 aromatic heterocycles. The molecule has 1 aliphatic rings. The van der Waals surface area contributed by atoms with Crippen LogP contribution in [0.3, 0.4) is 0 Å². The van der Waals surface area contributed by atoms with Crippen LogP contribution in [-0.4, -0.2) is 47.2 Å². The lowest BCUT2D eigenvalue weighted by Gasteiger charge is -2.12. The summed E-state index contributed by atoms with van der Waals surface area (Å²) in [5.41, 5.74) is 3.70. The number of anilines is 1. The number of aromatic nitrogens is 3. The Hall–Kier alpha value is -3.72. The van der Waals surface area contributed by atoms with Crippen LogP contribution in [0.25, 0.3) is 22.3 Å². The SMILES string of the molecule is CCOc1ccc(NC(=O)c2cc(-c3ccccc3)nc3c2c(C)nn3C2CCS(=O)(=O)C2)cc1. The van der Waals surface area contributed by atoms with Crippen molar-refractivity contribution in [2.75, 3.05) is 23.4 Å². The van der Waals surface area contributed by atoms with E-state index in [1.807, 2.05) is 44.2 Å². The Labute approximate surface area is 203 Å². The number of sulfone groups is 1. The van der Waals surface area contributed by atoms with Crippen LogP contribution in [0.4, 0.5) is 5.69 Å². The minimum atomic E-state index is -3.12. The average molecular weight is 491 g/mol. The van der Waals surface area contributed by atoms with Gasteiger partial charge in [-0.15, -0.1) is 0 Å². The standard InChI is InChI=1S/C26H26N4O4S/c1-3-34-21-11-9-19(10-12-21)27-26(31)22-15-23(18-7-5-4-6-8-18)28-25-24(22)17(2)29-30(25)20-13-14-35(32,33)16-20/h4-12,15,20H,3,13-14,16H2,1-2H3,(H,27,31). The number of nitrogens with one attached hydrogen (secondary N) is 1. The van der Waals surface area contributed by atoms with E-state index in [1.54, 1.807) is 35.0 Å².